The van der Waals surface area contributed by atoms with Crippen molar-refractivity contribution in [2.45, 2.75) is 46.1 Å². The molecule has 2 atom stereocenters. The van der Waals surface area contributed by atoms with Crippen molar-refractivity contribution >= 4 is 5.91 Å². The predicted molar refractivity (Wildman–Crippen MR) is 82.7 cm³/mol. The summed E-state index contributed by atoms with van der Waals surface area (Å²) in [5.74, 6) is 0.621. The molecule has 1 amide bonds. The molecule has 2 unspecified atom stereocenters. The van der Waals surface area contributed by atoms with Crippen molar-refractivity contribution < 1.29 is 4.79 Å². The van der Waals surface area contributed by atoms with Crippen LogP contribution in [0.25, 0.3) is 0 Å². The fraction of sp³-hybridized carbons (Fsp3) is 0.588. The molecule has 0 radical (unpaired) electrons. The highest BCUT2D eigenvalue weighted by Crippen LogP contribution is 2.28. The van der Waals surface area contributed by atoms with Crippen LogP contribution in [0.1, 0.15) is 42.9 Å². The third-order valence-corrected chi connectivity index (χ3v) is 4.29. The molecular weight excluding hydrogens is 248 g/mol. The Morgan fingerprint density at radius 3 is 2.55 bits per heavy atom. The van der Waals surface area contributed by atoms with Crippen molar-refractivity contribution in [3.05, 3.63) is 34.9 Å². The number of nitrogens with zero attached hydrogens (tertiary/aromatic N) is 1. The number of piperidine rings is 1. The van der Waals surface area contributed by atoms with E-state index in [1.54, 1.807) is 0 Å². The first kappa shape index (κ1) is 15.0. The second-order valence-corrected chi connectivity index (χ2v) is 6.43. The summed E-state index contributed by atoms with van der Waals surface area (Å²) in [7, 11) is 0. The summed E-state index contributed by atoms with van der Waals surface area (Å²) in [5, 5.41) is 0. The highest BCUT2D eigenvalue weighted by Gasteiger charge is 2.30. The minimum Gasteiger partial charge on any atom is -0.340 e. The van der Waals surface area contributed by atoms with Crippen LogP contribution in [-0.2, 0) is 4.79 Å². The Balaban J connectivity index is 2.19. The second-order valence-electron chi connectivity index (χ2n) is 6.43. The van der Waals surface area contributed by atoms with Crippen molar-refractivity contribution in [3.63, 3.8) is 0 Å². The maximum Gasteiger partial charge on any atom is 0.225 e. The highest BCUT2D eigenvalue weighted by atomic mass is 16.2. The summed E-state index contributed by atoms with van der Waals surface area (Å²) in [5.41, 5.74) is 10.1. The monoisotopic (exact) mass is 274 g/mol. The quantitative estimate of drug-likeness (QED) is 0.901. The van der Waals surface area contributed by atoms with Gasteiger partial charge in [0.2, 0.25) is 5.91 Å². The number of carbonyl (C=O) groups is 1. The maximum atomic E-state index is 12.2. The number of carbonyl (C=O) groups excluding carboxylic acids is 1. The van der Waals surface area contributed by atoms with Crippen LogP contribution >= 0.6 is 0 Å². The van der Waals surface area contributed by atoms with E-state index in [4.69, 9.17) is 5.73 Å². The fourth-order valence-corrected chi connectivity index (χ4v) is 2.94. The van der Waals surface area contributed by atoms with Crippen LogP contribution in [0.4, 0.5) is 0 Å². The maximum absolute atomic E-state index is 12.2. The van der Waals surface area contributed by atoms with E-state index in [-0.39, 0.29) is 17.9 Å². The summed E-state index contributed by atoms with van der Waals surface area (Å²) < 4.78 is 0. The van der Waals surface area contributed by atoms with E-state index in [0.717, 1.165) is 13.0 Å². The first-order valence-electron chi connectivity index (χ1n) is 7.50. The van der Waals surface area contributed by atoms with Gasteiger partial charge in [0.05, 0.1) is 0 Å². The van der Waals surface area contributed by atoms with Gasteiger partial charge in [0.25, 0.3) is 0 Å². The van der Waals surface area contributed by atoms with Crippen LogP contribution in [-0.4, -0.2) is 29.9 Å². The Morgan fingerprint density at radius 1 is 1.25 bits per heavy atom. The zero-order chi connectivity index (χ0) is 14.9. The van der Waals surface area contributed by atoms with Gasteiger partial charge in [0, 0.05) is 31.0 Å². The van der Waals surface area contributed by atoms with Gasteiger partial charge in [-0.3, -0.25) is 4.79 Å². The standard InChI is InChI=1S/C17H26N2O/c1-11(2)17(20)19-9-15(8-16(18)10-19)14-6-5-12(3)13(4)7-14/h5-7,11,15-16H,8-10,18H2,1-4H3. The average molecular weight is 274 g/mol. The van der Waals surface area contributed by atoms with Gasteiger partial charge in [-0.2, -0.15) is 0 Å². The third-order valence-electron chi connectivity index (χ3n) is 4.29. The first-order valence-corrected chi connectivity index (χ1v) is 7.50. The number of likely N-dealkylation sites (tertiary alicyclic amines) is 1. The normalized spacial score (nSPS) is 23.2. The molecule has 1 aliphatic rings. The zero-order valence-electron chi connectivity index (χ0n) is 13.0. The molecule has 1 fully saturated rings. The molecule has 20 heavy (non-hydrogen) atoms. The van der Waals surface area contributed by atoms with E-state index in [2.05, 4.69) is 32.0 Å². The topological polar surface area (TPSA) is 46.3 Å². The van der Waals surface area contributed by atoms with E-state index >= 15 is 0 Å². The van der Waals surface area contributed by atoms with Gasteiger partial charge < -0.3 is 10.6 Å². The Labute approximate surface area is 122 Å². The van der Waals surface area contributed by atoms with Gasteiger partial charge in [0.1, 0.15) is 0 Å². The number of nitrogens with two attached hydrogens (primary N) is 1. The summed E-state index contributed by atoms with van der Waals surface area (Å²) >= 11 is 0. The molecule has 1 aromatic carbocycles. The molecular formula is C17H26N2O. The van der Waals surface area contributed by atoms with Crippen molar-refractivity contribution in [1.29, 1.82) is 0 Å². The fourth-order valence-electron chi connectivity index (χ4n) is 2.94. The van der Waals surface area contributed by atoms with Gasteiger partial charge in [-0.1, -0.05) is 32.0 Å². The van der Waals surface area contributed by atoms with Crippen LogP contribution in [0.15, 0.2) is 18.2 Å². The van der Waals surface area contributed by atoms with Gasteiger partial charge in [0.15, 0.2) is 0 Å². The number of benzene rings is 1. The number of rotatable bonds is 2. The Morgan fingerprint density at radius 2 is 1.95 bits per heavy atom. The molecule has 1 heterocycles. The van der Waals surface area contributed by atoms with Crippen LogP contribution in [0, 0.1) is 19.8 Å². The lowest BCUT2D eigenvalue weighted by Gasteiger charge is -2.37. The molecule has 0 spiro atoms. The lowest BCUT2D eigenvalue weighted by molar-refractivity contribution is -0.136. The molecule has 1 aromatic rings. The average Bonchev–Trinajstić information content (AvgIpc) is 2.40. The molecule has 1 saturated heterocycles. The van der Waals surface area contributed by atoms with Crippen molar-refractivity contribution in [2.75, 3.05) is 13.1 Å². The predicted octanol–water partition coefficient (Wildman–Crippen LogP) is 2.60. The summed E-state index contributed by atoms with van der Waals surface area (Å²) in [6.07, 6.45) is 0.963. The molecule has 3 heteroatoms. The molecule has 0 aromatic heterocycles. The molecule has 110 valence electrons. The smallest absolute Gasteiger partial charge is 0.225 e. The number of amides is 1. The molecule has 0 bridgehead atoms. The molecule has 3 nitrogen and oxygen atoms in total. The zero-order valence-corrected chi connectivity index (χ0v) is 13.0. The Bertz CT molecular complexity index is 496. The summed E-state index contributed by atoms with van der Waals surface area (Å²) in [6.45, 7) is 9.66. The Hall–Kier alpha value is -1.35. The van der Waals surface area contributed by atoms with Crippen molar-refractivity contribution in [3.8, 4) is 0 Å². The lowest BCUT2D eigenvalue weighted by Crippen LogP contribution is -2.49. The van der Waals surface area contributed by atoms with Gasteiger partial charge in [-0.15, -0.1) is 0 Å². The lowest BCUT2D eigenvalue weighted by atomic mass is 9.86. The number of hydrogen-bond donors (Lipinski definition) is 1. The first-order chi connectivity index (χ1) is 9.38. The Kier molecular flexibility index (Phi) is 4.48. The van der Waals surface area contributed by atoms with Crippen molar-refractivity contribution in [1.82, 2.24) is 4.90 Å². The number of aryl methyl sites for hydroxylation is 2. The second kappa shape index (κ2) is 5.96. The molecule has 2 N–H and O–H groups in total. The van der Waals surface area contributed by atoms with Gasteiger partial charge in [-0.05, 0) is 37.0 Å². The highest BCUT2D eigenvalue weighted by molar-refractivity contribution is 5.78. The van der Waals surface area contributed by atoms with Crippen LogP contribution in [0.3, 0.4) is 0 Å². The SMILES string of the molecule is Cc1ccc(C2CC(N)CN(C(=O)C(C)C)C2)cc1C. The molecule has 0 aliphatic carbocycles. The van der Waals surface area contributed by atoms with E-state index in [9.17, 15) is 4.79 Å². The van der Waals surface area contributed by atoms with Gasteiger partial charge >= 0.3 is 0 Å². The van der Waals surface area contributed by atoms with Gasteiger partial charge in [-0.25, -0.2) is 0 Å². The van der Waals surface area contributed by atoms with E-state index in [1.807, 2.05) is 18.7 Å². The van der Waals surface area contributed by atoms with Crippen LogP contribution < -0.4 is 5.73 Å². The molecule has 0 saturated carbocycles. The van der Waals surface area contributed by atoms with Crippen molar-refractivity contribution in [2.24, 2.45) is 11.7 Å². The minimum atomic E-state index is 0.0423. The summed E-state index contributed by atoms with van der Waals surface area (Å²) in [4.78, 5) is 14.2. The van der Waals surface area contributed by atoms with Crippen LogP contribution in [0.5, 0.6) is 0 Å². The third kappa shape index (κ3) is 3.21. The summed E-state index contributed by atoms with van der Waals surface area (Å²) in [6, 6.07) is 6.68. The van der Waals surface area contributed by atoms with Crippen LogP contribution in [0.2, 0.25) is 0 Å². The largest absolute Gasteiger partial charge is 0.340 e. The number of hydrogen-bond acceptors (Lipinski definition) is 2. The minimum absolute atomic E-state index is 0.0423. The van der Waals surface area contributed by atoms with E-state index in [1.165, 1.54) is 16.7 Å². The molecule has 1 aliphatic heterocycles. The van der Waals surface area contributed by atoms with E-state index < -0.39 is 0 Å². The molecule has 2 rings (SSSR count). The van der Waals surface area contributed by atoms with E-state index in [0.29, 0.717) is 12.5 Å².